The molecule has 182 valence electrons. The van der Waals surface area contributed by atoms with Crippen LogP contribution in [0.4, 0.5) is 0 Å². The van der Waals surface area contributed by atoms with Gasteiger partial charge in [0.15, 0.2) is 11.5 Å². The number of aromatic amines is 1. The van der Waals surface area contributed by atoms with Crippen molar-refractivity contribution in [3.63, 3.8) is 0 Å². The molecule has 0 unspecified atom stereocenters. The SMILES string of the molecule is COc1cccc([C@@H]2CC(c3c(-c4ccccc4)c4cc(Cl)ccc4[nH]c3=O)=NN2C(C)=O)c1OC. The molecule has 0 radical (unpaired) electrons. The molecule has 0 fully saturated rings. The summed E-state index contributed by atoms with van der Waals surface area (Å²) < 4.78 is 11.1. The van der Waals surface area contributed by atoms with E-state index in [1.54, 1.807) is 32.4 Å². The van der Waals surface area contributed by atoms with E-state index in [0.717, 1.165) is 22.1 Å². The molecule has 1 aliphatic rings. The van der Waals surface area contributed by atoms with E-state index in [0.29, 0.717) is 39.7 Å². The second-order valence-electron chi connectivity index (χ2n) is 8.47. The van der Waals surface area contributed by atoms with Crippen LogP contribution in [0.1, 0.15) is 30.5 Å². The van der Waals surface area contributed by atoms with Crippen molar-refractivity contribution in [2.45, 2.75) is 19.4 Å². The molecule has 8 heteroatoms. The summed E-state index contributed by atoms with van der Waals surface area (Å²) >= 11 is 6.36. The van der Waals surface area contributed by atoms with Crippen LogP contribution in [0.25, 0.3) is 22.0 Å². The molecule has 1 aliphatic heterocycles. The zero-order valence-electron chi connectivity index (χ0n) is 20.0. The van der Waals surface area contributed by atoms with Gasteiger partial charge in [-0.05, 0) is 29.8 Å². The van der Waals surface area contributed by atoms with E-state index in [4.69, 9.17) is 21.1 Å². The van der Waals surface area contributed by atoms with Crippen LogP contribution in [0.3, 0.4) is 0 Å². The Morgan fingerprint density at radius 2 is 1.81 bits per heavy atom. The van der Waals surface area contributed by atoms with Crippen LogP contribution in [0.15, 0.2) is 76.6 Å². The highest BCUT2D eigenvalue weighted by Crippen LogP contribution is 2.42. The number of methoxy groups -OCH3 is 2. The van der Waals surface area contributed by atoms with E-state index in [2.05, 4.69) is 10.1 Å². The van der Waals surface area contributed by atoms with Crippen LogP contribution in [-0.2, 0) is 4.79 Å². The normalized spacial score (nSPS) is 15.2. The molecule has 0 spiro atoms. The summed E-state index contributed by atoms with van der Waals surface area (Å²) in [6.45, 7) is 1.45. The fourth-order valence-corrected chi connectivity index (χ4v) is 4.99. The molecule has 0 saturated heterocycles. The van der Waals surface area contributed by atoms with Crippen molar-refractivity contribution < 1.29 is 14.3 Å². The number of aromatic nitrogens is 1. The van der Waals surface area contributed by atoms with Crippen molar-refractivity contribution in [2.75, 3.05) is 14.2 Å². The number of nitrogens with zero attached hydrogens (tertiary/aromatic N) is 2. The predicted octanol–water partition coefficient (Wildman–Crippen LogP) is 5.56. The summed E-state index contributed by atoms with van der Waals surface area (Å²) in [6, 6.07) is 20.0. The number of hydrogen-bond acceptors (Lipinski definition) is 5. The van der Waals surface area contributed by atoms with Crippen molar-refractivity contribution in [1.82, 2.24) is 9.99 Å². The van der Waals surface area contributed by atoms with Gasteiger partial charge in [0, 0.05) is 40.4 Å². The van der Waals surface area contributed by atoms with Crippen LogP contribution < -0.4 is 15.0 Å². The highest BCUT2D eigenvalue weighted by Gasteiger charge is 2.36. The first-order chi connectivity index (χ1) is 17.4. The number of amides is 1. The molecule has 3 aromatic carbocycles. The standard InChI is InChI=1S/C28H24ClN3O4/c1-16(33)32-23(19-10-7-11-24(35-2)27(19)36-3)15-22(31-32)26-25(17-8-5-4-6-9-17)20-14-18(29)12-13-21(20)30-28(26)34/h4-14,23H,15H2,1-3H3,(H,30,34)/t23-/m0/s1. The number of carbonyl (C=O) groups excluding carboxylic acids is 1. The van der Waals surface area contributed by atoms with E-state index in [9.17, 15) is 9.59 Å². The van der Waals surface area contributed by atoms with E-state index < -0.39 is 6.04 Å². The number of benzene rings is 3. The van der Waals surface area contributed by atoms with E-state index in [1.165, 1.54) is 11.9 Å². The van der Waals surface area contributed by atoms with Crippen LogP contribution in [0.5, 0.6) is 11.5 Å². The number of H-pyrrole nitrogens is 1. The average molecular weight is 502 g/mol. The summed E-state index contributed by atoms with van der Waals surface area (Å²) in [4.78, 5) is 29.2. The van der Waals surface area contributed by atoms with E-state index in [-0.39, 0.29) is 11.5 Å². The van der Waals surface area contributed by atoms with Crippen molar-refractivity contribution in [1.29, 1.82) is 0 Å². The number of para-hydroxylation sites is 1. The number of fused-ring (bicyclic) bond motifs is 1. The number of hydrazone groups is 1. The minimum absolute atomic E-state index is 0.249. The van der Waals surface area contributed by atoms with Gasteiger partial charge in [0.25, 0.3) is 5.56 Å². The van der Waals surface area contributed by atoms with Gasteiger partial charge in [-0.15, -0.1) is 0 Å². The number of carbonyl (C=O) groups is 1. The first kappa shape index (κ1) is 23.6. The predicted molar refractivity (Wildman–Crippen MR) is 141 cm³/mol. The molecule has 5 rings (SSSR count). The third kappa shape index (κ3) is 4.01. The number of ether oxygens (including phenoxy) is 2. The molecule has 0 aliphatic carbocycles. The minimum atomic E-state index is -0.472. The third-order valence-corrected chi connectivity index (χ3v) is 6.59. The second kappa shape index (κ2) is 9.51. The fourth-order valence-electron chi connectivity index (χ4n) is 4.81. The average Bonchev–Trinajstić information content (AvgIpc) is 3.33. The van der Waals surface area contributed by atoms with Crippen molar-refractivity contribution >= 4 is 34.1 Å². The maximum Gasteiger partial charge on any atom is 0.258 e. The van der Waals surface area contributed by atoms with E-state index in [1.807, 2.05) is 48.5 Å². The Morgan fingerprint density at radius 3 is 2.50 bits per heavy atom. The Hall–Kier alpha value is -4.10. The molecule has 1 atom stereocenters. The lowest BCUT2D eigenvalue weighted by atomic mass is 9.91. The highest BCUT2D eigenvalue weighted by atomic mass is 35.5. The summed E-state index contributed by atoms with van der Waals surface area (Å²) in [5.41, 5.74) is 3.60. The molecule has 1 aromatic heterocycles. The molecule has 0 bridgehead atoms. The molecule has 1 amide bonds. The molecule has 2 heterocycles. The fraction of sp³-hybridized carbons (Fsp3) is 0.179. The lowest BCUT2D eigenvalue weighted by Gasteiger charge is -2.23. The van der Waals surface area contributed by atoms with Gasteiger partial charge in [0.2, 0.25) is 5.91 Å². The maximum atomic E-state index is 13.5. The maximum absolute atomic E-state index is 13.5. The molecule has 0 saturated carbocycles. The molecule has 1 N–H and O–H groups in total. The Morgan fingerprint density at radius 1 is 1.03 bits per heavy atom. The van der Waals surface area contributed by atoms with Crippen molar-refractivity contribution in [2.24, 2.45) is 5.10 Å². The number of rotatable bonds is 5. The summed E-state index contributed by atoms with van der Waals surface area (Å²) in [5.74, 6) is 0.826. The Labute approximate surface area is 212 Å². The van der Waals surface area contributed by atoms with Gasteiger partial charge in [-0.1, -0.05) is 54.1 Å². The molecule has 7 nitrogen and oxygen atoms in total. The highest BCUT2D eigenvalue weighted by molar-refractivity contribution is 6.31. The minimum Gasteiger partial charge on any atom is -0.493 e. The third-order valence-electron chi connectivity index (χ3n) is 6.35. The summed E-state index contributed by atoms with van der Waals surface area (Å²) in [7, 11) is 3.12. The first-order valence-electron chi connectivity index (χ1n) is 11.4. The molecule has 36 heavy (non-hydrogen) atoms. The monoisotopic (exact) mass is 501 g/mol. The van der Waals surface area contributed by atoms with E-state index >= 15 is 0 Å². The molecular weight excluding hydrogens is 478 g/mol. The first-order valence-corrected chi connectivity index (χ1v) is 11.8. The van der Waals surface area contributed by atoms with Crippen LogP contribution >= 0.6 is 11.6 Å². The number of nitrogens with one attached hydrogen (secondary N) is 1. The van der Waals surface area contributed by atoms with Gasteiger partial charge < -0.3 is 14.5 Å². The van der Waals surface area contributed by atoms with Gasteiger partial charge in [0.05, 0.1) is 31.5 Å². The quantitative estimate of drug-likeness (QED) is 0.388. The van der Waals surface area contributed by atoms with Gasteiger partial charge in [0.1, 0.15) is 0 Å². The Balaban J connectivity index is 1.74. The molecule has 4 aromatic rings. The Bertz CT molecular complexity index is 1560. The zero-order chi connectivity index (χ0) is 25.4. The van der Waals surface area contributed by atoms with Gasteiger partial charge >= 0.3 is 0 Å². The lowest BCUT2D eigenvalue weighted by Crippen LogP contribution is -2.24. The number of pyridine rings is 1. The number of hydrogen-bond donors (Lipinski definition) is 1. The zero-order valence-corrected chi connectivity index (χ0v) is 20.8. The molecular formula is C28H24ClN3O4. The Kier molecular flexibility index (Phi) is 6.24. The topological polar surface area (TPSA) is 84.0 Å². The second-order valence-corrected chi connectivity index (χ2v) is 8.91. The van der Waals surface area contributed by atoms with Gasteiger partial charge in [-0.25, -0.2) is 5.01 Å². The smallest absolute Gasteiger partial charge is 0.258 e. The van der Waals surface area contributed by atoms with Crippen LogP contribution in [-0.4, -0.2) is 35.8 Å². The van der Waals surface area contributed by atoms with Crippen LogP contribution in [0, 0.1) is 0 Å². The lowest BCUT2D eigenvalue weighted by molar-refractivity contribution is -0.130. The van der Waals surface area contributed by atoms with Crippen molar-refractivity contribution in [3.8, 4) is 22.6 Å². The van der Waals surface area contributed by atoms with Gasteiger partial charge in [-0.2, -0.15) is 5.10 Å². The summed E-state index contributed by atoms with van der Waals surface area (Å²) in [6.07, 6.45) is 0.318. The van der Waals surface area contributed by atoms with Crippen LogP contribution in [0.2, 0.25) is 5.02 Å². The largest absolute Gasteiger partial charge is 0.493 e. The number of halogens is 1. The van der Waals surface area contributed by atoms with Gasteiger partial charge in [-0.3, -0.25) is 9.59 Å². The van der Waals surface area contributed by atoms with Crippen molar-refractivity contribution in [3.05, 3.63) is 93.2 Å². The summed E-state index contributed by atoms with van der Waals surface area (Å²) in [5, 5.41) is 7.43.